The Labute approximate surface area is 166 Å². The van der Waals surface area contributed by atoms with Crippen molar-refractivity contribution in [2.24, 2.45) is 11.6 Å². The molecule has 0 saturated carbocycles. The molecule has 1 saturated heterocycles. The van der Waals surface area contributed by atoms with E-state index in [1.807, 2.05) is 30.3 Å². The number of nitrogens with zero attached hydrogens (tertiary/aromatic N) is 3. The quantitative estimate of drug-likeness (QED) is 0.236. The molecular formula is C18H24N6O5. The summed E-state index contributed by atoms with van der Waals surface area (Å²) in [6, 6.07) is 9.51. The molecule has 1 aliphatic rings. The minimum Gasteiger partial charge on any atom is -0.401 e. The van der Waals surface area contributed by atoms with Gasteiger partial charge in [-0.1, -0.05) is 30.3 Å². The van der Waals surface area contributed by atoms with Gasteiger partial charge in [0.2, 0.25) is 0 Å². The van der Waals surface area contributed by atoms with E-state index in [9.17, 15) is 20.1 Å². The number of rotatable bonds is 6. The third-order valence-corrected chi connectivity index (χ3v) is 4.59. The lowest BCUT2D eigenvalue weighted by atomic mass is 10.1. The summed E-state index contributed by atoms with van der Waals surface area (Å²) >= 11 is 0. The number of aromatic nitrogens is 2. The first-order valence-corrected chi connectivity index (χ1v) is 8.87. The third-order valence-electron chi connectivity index (χ3n) is 4.59. The lowest BCUT2D eigenvalue weighted by Gasteiger charge is -2.21. The van der Waals surface area contributed by atoms with Crippen LogP contribution < -0.4 is 28.0 Å². The second-order valence-electron chi connectivity index (χ2n) is 6.70. The molecule has 0 radical (unpaired) electrons. The summed E-state index contributed by atoms with van der Waals surface area (Å²) in [5.41, 5.74) is 12.6. The number of aliphatic hydroxyl groups is 3. The highest BCUT2D eigenvalue weighted by molar-refractivity contribution is 5.62. The monoisotopic (exact) mass is 404 g/mol. The SMILES string of the molecule is N/C(=C\N(N)c1cn(C2OC(CO)C(O)C2O)c(=O)nc1N)Cc1ccccc1. The van der Waals surface area contributed by atoms with Crippen molar-refractivity contribution in [3.05, 3.63) is 64.5 Å². The summed E-state index contributed by atoms with van der Waals surface area (Å²) < 4.78 is 6.32. The highest BCUT2D eigenvalue weighted by Crippen LogP contribution is 2.29. The predicted octanol–water partition coefficient (Wildman–Crippen LogP) is -1.84. The van der Waals surface area contributed by atoms with Gasteiger partial charge in [-0.05, 0) is 5.56 Å². The smallest absolute Gasteiger partial charge is 0.351 e. The Balaban J connectivity index is 1.87. The Kier molecular flexibility index (Phi) is 6.15. The molecule has 0 spiro atoms. The van der Waals surface area contributed by atoms with E-state index in [0.29, 0.717) is 12.1 Å². The largest absolute Gasteiger partial charge is 0.401 e. The van der Waals surface area contributed by atoms with Crippen molar-refractivity contribution >= 4 is 11.5 Å². The molecular weight excluding hydrogens is 380 g/mol. The fourth-order valence-corrected chi connectivity index (χ4v) is 3.09. The van der Waals surface area contributed by atoms with Gasteiger partial charge >= 0.3 is 5.69 Å². The number of hydrogen-bond acceptors (Lipinski definition) is 10. The van der Waals surface area contributed by atoms with Crippen molar-refractivity contribution in [2.45, 2.75) is 31.0 Å². The van der Waals surface area contributed by atoms with Gasteiger partial charge in [0, 0.05) is 24.5 Å². The minimum atomic E-state index is -1.45. The zero-order valence-electron chi connectivity index (χ0n) is 15.5. The van der Waals surface area contributed by atoms with E-state index in [1.54, 1.807) is 0 Å². The van der Waals surface area contributed by atoms with Crippen LogP contribution in [0, 0.1) is 0 Å². The molecule has 11 heteroatoms. The number of ether oxygens (including phenoxy) is 1. The van der Waals surface area contributed by atoms with Crippen molar-refractivity contribution in [2.75, 3.05) is 17.3 Å². The molecule has 2 heterocycles. The second kappa shape index (κ2) is 8.59. The topological polar surface area (TPSA) is 186 Å². The predicted molar refractivity (Wildman–Crippen MR) is 105 cm³/mol. The minimum absolute atomic E-state index is 0.137. The molecule has 0 amide bonds. The van der Waals surface area contributed by atoms with E-state index in [-0.39, 0.29) is 11.5 Å². The number of hydrazine groups is 1. The van der Waals surface area contributed by atoms with Crippen molar-refractivity contribution in [3.8, 4) is 0 Å². The van der Waals surface area contributed by atoms with Gasteiger partial charge in [0.25, 0.3) is 0 Å². The van der Waals surface area contributed by atoms with Gasteiger partial charge in [-0.25, -0.2) is 10.6 Å². The molecule has 0 aliphatic carbocycles. The van der Waals surface area contributed by atoms with Gasteiger partial charge in [0.15, 0.2) is 12.0 Å². The van der Waals surface area contributed by atoms with Crippen molar-refractivity contribution in [1.82, 2.24) is 9.55 Å². The standard InChI is InChI=1S/C18H24N6O5/c19-11(6-10-4-2-1-3-5-10)7-24(21)12-8-23(18(28)22-16(12)20)17-15(27)14(26)13(9-25)29-17/h1-5,7-8,13-15,17,25-27H,6,9,19,21H2,(H2,20,22,28)/b11-7-. The fraction of sp³-hybridized carbons (Fsp3) is 0.333. The van der Waals surface area contributed by atoms with Gasteiger partial charge in [0.1, 0.15) is 24.0 Å². The summed E-state index contributed by atoms with van der Waals surface area (Å²) in [5.74, 6) is 5.88. The first kappa shape index (κ1) is 20.8. The summed E-state index contributed by atoms with van der Waals surface area (Å²) in [7, 11) is 0. The van der Waals surface area contributed by atoms with Crippen LogP contribution in [0.3, 0.4) is 0 Å². The second-order valence-corrected chi connectivity index (χ2v) is 6.70. The molecule has 1 aromatic heterocycles. The van der Waals surface area contributed by atoms with Crippen LogP contribution >= 0.6 is 0 Å². The van der Waals surface area contributed by atoms with Crippen molar-refractivity contribution in [1.29, 1.82) is 0 Å². The molecule has 4 unspecified atom stereocenters. The van der Waals surface area contributed by atoms with Gasteiger partial charge in [-0.3, -0.25) is 9.58 Å². The van der Waals surface area contributed by atoms with Crippen LogP contribution in [-0.4, -0.2) is 49.8 Å². The Morgan fingerprint density at radius 2 is 1.97 bits per heavy atom. The zero-order chi connectivity index (χ0) is 21.1. The molecule has 1 aromatic carbocycles. The number of hydrogen-bond donors (Lipinski definition) is 6. The molecule has 1 aliphatic heterocycles. The van der Waals surface area contributed by atoms with E-state index in [2.05, 4.69) is 4.98 Å². The van der Waals surface area contributed by atoms with E-state index >= 15 is 0 Å². The summed E-state index contributed by atoms with van der Waals surface area (Å²) in [6.45, 7) is -0.527. The maximum Gasteiger partial charge on any atom is 0.351 e. The Morgan fingerprint density at radius 1 is 1.28 bits per heavy atom. The van der Waals surface area contributed by atoms with Crippen LogP contribution in [0.25, 0.3) is 0 Å². The summed E-state index contributed by atoms with van der Waals surface area (Å²) in [6.07, 6.45) is -2.00. The number of aliphatic hydroxyl groups excluding tert-OH is 3. The van der Waals surface area contributed by atoms with Gasteiger partial charge in [-0.2, -0.15) is 4.98 Å². The maximum atomic E-state index is 12.2. The first-order valence-electron chi connectivity index (χ1n) is 8.87. The number of anilines is 2. The van der Waals surface area contributed by atoms with Gasteiger partial charge in [0.05, 0.1) is 6.61 Å². The Hall–Kier alpha value is -2.96. The molecule has 9 N–H and O–H groups in total. The van der Waals surface area contributed by atoms with Crippen LogP contribution in [0.5, 0.6) is 0 Å². The van der Waals surface area contributed by atoms with E-state index in [0.717, 1.165) is 15.1 Å². The van der Waals surface area contributed by atoms with Gasteiger partial charge < -0.3 is 31.5 Å². The van der Waals surface area contributed by atoms with Crippen LogP contribution in [-0.2, 0) is 11.2 Å². The Bertz CT molecular complexity index is 934. The molecule has 29 heavy (non-hydrogen) atoms. The van der Waals surface area contributed by atoms with Crippen LogP contribution in [0.2, 0.25) is 0 Å². The van der Waals surface area contributed by atoms with Crippen molar-refractivity contribution in [3.63, 3.8) is 0 Å². The van der Waals surface area contributed by atoms with Gasteiger partial charge in [-0.15, -0.1) is 0 Å². The van der Waals surface area contributed by atoms with Crippen molar-refractivity contribution < 1.29 is 20.1 Å². The summed E-state index contributed by atoms with van der Waals surface area (Å²) in [4.78, 5) is 15.9. The van der Waals surface area contributed by atoms with Crippen LogP contribution in [0.4, 0.5) is 11.5 Å². The maximum absolute atomic E-state index is 12.2. The average molecular weight is 404 g/mol. The third kappa shape index (κ3) is 4.39. The molecule has 1 fully saturated rings. The molecule has 2 aromatic rings. The van der Waals surface area contributed by atoms with E-state index in [1.165, 1.54) is 12.4 Å². The lowest BCUT2D eigenvalue weighted by Crippen LogP contribution is -2.37. The number of allylic oxidation sites excluding steroid dienone is 1. The molecule has 156 valence electrons. The molecule has 3 rings (SSSR count). The number of benzene rings is 1. The highest BCUT2D eigenvalue weighted by Gasteiger charge is 2.44. The average Bonchev–Trinajstić information content (AvgIpc) is 2.97. The number of nitrogen functional groups attached to an aromatic ring is 1. The lowest BCUT2D eigenvalue weighted by molar-refractivity contribution is -0.0548. The summed E-state index contributed by atoms with van der Waals surface area (Å²) in [5, 5.41) is 30.4. The molecule has 11 nitrogen and oxygen atoms in total. The zero-order valence-corrected chi connectivity index (χ0v) is 15.5. The van der Waals surface area contributed by atoms with Crippen LogP contribution in [0.1, 0.15) is 11.8 Å². The first-order chi connectivity index (χ1) is 13.8. The molecule has 4 atom stereocenters. The highest BCUT2D eigenvalue weighted by atomic mass is 16.6. The normalized spacial score (nSPS) is 24.6. The molecule has 0 bridgehead atoms. The van der Waals surface area contributed by atoms with E-state index < -0.39 is 36.8 Å². The van der Waals surface area contributed by atoms with E-state index in [4.69, 9.17) is 22.0 Å². The fourth-order valence-electron chi connectivity index (χ4n) is 3.09. The number of nitrogens with two attached hydrogens (primary N) is 3. The Morgan fingerprint density at radius 3 is 2.59 bits per heavy atom. The van der Waals surface area contributed by atoms with Crippen LogP contribution in [0.15, 0.2) is 53.2 Å².